The maximum atomic E-state index is 13.4. The molecule has 0 atom stereocenters. The molecule has 0 aromatic heterocycles. The minimum absolute atomic E-state index is 0.00695. The van der Waals surface area contributed by atoms with E-state index in [1.54, 1.807) is 0 Å². The van der Waals surface area contributed by atoms with Gasteiger partial charge in [0.25, 0.3) is 5.91 Å². The van der Waals surface area contributed by atoms with Crippen molar-refractivity contribution in [2.75, 3.05) is 44.4 Å². The number of ether oxygens (including phenoxy) is 1. The van der Waals surface area contributed by atoms with Crippen molar-refractivity contribution < 1.29 is 23.8 Å². The molecule has 2 aliphatic heterocycles. The third-order valence-corrected chi connectivity index (χ3v) is 7.71. The van der Waals surface area contributed by atoms with E-state index in [2.05, 4.69) is 38.3 Å². The molecule has 9 heteroatoms. The molecule has 0 unspecified atom stereocenters. The minimum Gasteiger partial charge on any atom is -0.395 e. The number of aliphatic hydroxyl groups is 1. The maximum absolute atomic E-state index is 13.4. The molecule has 0 spiro atoms. The zero-order valence-corrected chi connectivity index (χ0v) is 21.6. The number of amidine groups is 1. The van der Waals surface area contributed by atoms with Gasteiger partial charge in [0.1, 0.15) is 11.7 Å². The molecule has 38 heavy (non-hydrogen) atoms. The highest BCUT2D eigenvalue weighted by molar-refractivity contribution is 6.12. The Hall–Kier alpha value is -3.14. The molecule has 5 rings (SSSR count). The van der Waals surface area contributed by atoms with Crippen LogP contribution in [0.25, 0.3) is 0 Å². The van der Waals surface area contributed by atoms with Gasteiger partial charge in [-0.05, 0) is 67.1 Å². The first-order valence-corrected chi connectivity index (χ1v) is 13.5. The lowest BCUT2D eigenvalue weighted by molar-refractivity contribution is -0.126. The van der Waals surface area contributed by atoms with E-state index in [9.17, 15) is 14.0 Å². The number of rotatable bonds is 7. The third-order valence-electron chi connectivity index (χ3n) is 7.71. The van der Waals surface area contributed by atoms with E-state index in [1.807, 2.05) is 0 Å². The Morgan fingerprint density at radius 2 is 1.79 bits per heavy atom. The standard InChI is InChI=1S/C29H35FN4O4/c30-24-7-3-22(4-8-24)29(37)32-27-18-23-2-1-20(19-33-12-15-38-16-13-33)17-26(23)34(27)25-9-5-21(6-10-25)28(36)31-11-14-35/h1-4,7-8,17,21,25,35H,5-6,9-16,18-19H2,(H,31,36). The molecule has 1 saturated heterocycles. The lowest BCUT2D eigenvalue weighted by atomic mass is 9.84. The van der Waals surface area contributed by atoms with E-state index in [1.165, 1.54) is 29.8 Å². The molecule has 0 bridgehead atoms. The Morgan fingerprint density at radius 1 is 1.05 bits per heavy atom. The normalized spacial score (nSPS) is 22.9. The topological polar surface area (TPSA) is 94.5 Å². The quantitative estimate of drug-likeness (QED) is 0.581. The smallest absolute Gasteiger partial charge is 0.278 e. The number of amides is 2. The van der Waals surface area contributed by atoms with Crippen molar-refractivity contribution in [3.8, 4) is 0 Å². The molecule has 2 aromatic carbocycles. The van der Waals surface area contributed by atoms with Crippen LogP contribution in [0.15, 0.2) is 47.5 Å². The first kappa shape index (κ1) is 26.5. The number of hydrogen-bond acceptors (Lipinski definition) is 5. The molecule has 202 valence electrons. The van der Waals surface area contributed by atoms with Gasteiger partial charge in [-0.25, -0.2) is 4.39 Å². The highest BCUT2D eigenvalue weighted by atomic mass is 19.1. The van der Waals surface area contributed by atoms with Crippen LogP contribution in [0.5, 0.6) is 0 Å². The number of aliphatic imine (C=N–C) groups is 1. The van der Waals surface area contributed by atoms with Crippen LogP contribution in [0.2, 0.25) is 0 Å². The van der Waals surface area contributed by atoms with E-state index >= 15 is 0 Å². The first-order chi connectivity index (χ1) is 18.5. The molecular formula is C29H35FN4O4. The number of nitrogens with zero attached hydrogens (tertiary/aromatic N) is 3. The van der Waals surface area contributed by atoms with Gasteiger partial charge in [0, 0.05) is 55.8 Å². The number of nitrogens with one attached hydrogen (secondary N) is 1. The second-order valence-electron chi connectivity index (χ2n) is 10.3. The molecule has 1 aliphatic carbocycles. The molecule has 0 radical (unpaired) electrons. The van der Waals surface area contributed by atoms with Crippen LogP contribution in [-0.4, -0.2) is 73.2 Å². The summed E-state index contributed by atoms with van der Waals surface area (Å²) in [6.07, 6.45) is 3.63. The fourth-order valence-electron chi connectivity index (χ4n) is 5.69. The monoisotopic (exact) mass is 522 g/mol. The summed E-state index contributed by atoms with van der Waals surface area (Å²) in [4.78, 5) is 34.6. The van der Waals surface area contributed by atoms with Gasteiger partial charge in [-0.3, -0.25) is 14.5 Å². The highest BCUT2D eigenvalue weighted by Gasteiger charge is 2.36. The molecule has 2 aromatic rings. The van der Waals surface area contributed by atoms with Gasteiger partial charge in [0.2, 0.25) is 5.91 Å². The van der Waals surface area contributed by atoms with E-state index in [-0.39, 0.29) is 36.9 Å². The second-order valence-corrected chi connectivity index (χ2v) is 10.3. The Balaban J connectivity index is 1.39. The van der Waals surface area contributed by atoms with Gasteiger partial charge < -0.3 is 20.1 Å². The predicted molar refractivity (Wildman–Crippen MR) is 143 cm³/mol. The summed E-state index contributed by atoms with van der Waals surface area (Å²) in [6.45, 7) is 4.34. The predicted octanol–water partition coefficient (Wildman–Crippen LogP) is 2.93. The summed E-state index contributed by atoms with van der Waals surface area (Å²) in [7, 11) is 0. The number of morpholine rings is 1. The molecule has 8 nitrogen and oxygen atoms in total. The van der Waals surface area contributed by atoms with Gasteiger partial charge in [-0.2, -0.15) is 4.99 Å². The number of carbonyl (C=O) groups is 2. The van der Waals surface area contributed by atoms with E-state index < -0.39 is 5.82 Å². The van der Waals surface area contributed by atoms with E-state index in [0.717, 1.165) is 69.8 Å². The van der Waals surface area contributed by atoms with Crippen LogP contribution in [0.4, 0.5) is 10.1 Å². The van der Waals surface area contributed by atoms with Crippen LogP contribution < -0.4 is 10.2 Å². The SMILES string of the molecule is O=C(N=C1Cc2ccc(CN3CCOCC3)cc2N1C1CCC(C(=O)NCCO)CC1)c1ccc(F)cc1. The minimum atomic E-state index is -0.392. The Labute approximate surface area is 222 Å². The van der Waals surface area contributed by atoms with Gasteiger partial charge in [-0.15, -0.1) is 0 Å². The van der Waals surface area contributed by atoms with Crippen LogP contribution >= 0.6 is 0 Å². The number of anilines is 1. The average Bonchev–Trinajstić information content (AvgIpc) is 3.29. The second kappa shape index (κ2) is 12.1. The highest BCUT2D eigenvalue weighted by Crippen LogP contribution is 2.38. The van der Waals surface area contributed by atoms with Crippen LogP contribution in [-0.2, 0) is 22.5 Å². The number of aliphatic hydroxyl groups excluding tert-OH is 1. The Kier molecular flexibility index (Phi) is 8.46. The van der Waals surface area contributed by atoms with Gasteiger partial charge >= 0.3 is 0 Å². The van der Waals surface area contributed by atoms with E-state index in [4.69, 9.17) is 9.84 Å². The number of carbonyl (C=O) groups excluding carboxylic acids is 2. The van der Waals surface area contributed by atoms with E-state index in [0.29, 0.717) is 17.8 Å². The van der Waals surface area contributed by atoms with Crippen LogP contribution in [0, 0.1) is 11.7 Å². The molecule has 2 amide bonds. The molecule has 2 N–H and O–H groups in total. The Morgan fingerprint density at radius 3 is 2.50 bits per heavy atom. The molecule has 1 saturated carbocycles. The number of fused-ring (bicyclic) bond motifs is 1. The van der Waals surface area contributed by atoms with Crippen molar-refractivity contribution >= 4 is 23.3 Å². The van der Waals surface area contributed by atoms with Crippen LogP contribution in [0.3, 0.4) is 0 Å². The fraction of sp³-hybridized carbons (Fsp3) is 0.483. The van der Waals surface area contributed by atoms with Crippen molar-refractivity contribution in [3.05, 3.63) is 65.0 Å². The molecule has 2 heterocycles. The molecule has 3 aliphatic rings. The number of benzene rings is 2. The van der Waals surface area contributed by atoms with Gasteiger partial charge in [0.15, 0.2) is 0 Å². The van der Waals surface area contributed by atoms with Crippen molar-refractivity contribution in [1.29, 1.82) is 0 Å². The molecular weight excluding hydrogens is 487 g/mol. The molecule has 2 fully saturated rings. The first-order valence-electron chi connectivity index (χ1n) is 13.5. The summed E-state index contributed by atoms with van der Waals surface area (Å²) in [6, 6.07) is 12.1. The Bertz CT molecular complexity index is 1170. The summed E-state index contributed by atoms with van der Waals surface area (Å²) in [5.74, 6) is -0.160. The lowest BCUT2D eigenvalue weighted by Gasteiger charge is -2.36. The van der Waals surface area contributed by atoms with Crippen molar-refractivity contribution in [3.63, 3.8) is 0 Å². The maximum Gasteiger partial charge on any atom is 0.278 e. The number of hydrogen-bond donors (Lipinski definition) is 2. The average molecular weight is 523 g/mol. The summed E-state index contributed by atoms with van der Waals surface area (Å²) in [5, 5.41) is 11.8. The zero-order valence-electron chi connectivity index (χ0n) is 21.6. The fourth-order valence-corrected chi connectivity index (χ4v) is 5.69. The summed E-state index contributed by atoms with van der Waals surface area (Å²) < 4.78 is 18.9. The van der Waals surface area contributed by atoms with Gasteiger partial charge in [0.05, 0.1) is 19.8 Å². The van der Waals surface area contributed by atoms with Crippen molar-refractivity contribution in [2.24, 2.45) is 10.9 Å². The van der Waals surface area contributed by atoms with Crippen molar-refractivity contribution in [1.82, 2.24) is 10.2 Å². The summed E-state index contributed by atoms with van der Waals surface area (Å²) in [5.41, 5.74) is 3.77. The van der Waals surface area contributed by atoms with Crippen LogP contribution in [0.1, 0.15) is 47.2 Å². The lowest BCUT2D eigenvalue weighted by Crippen LogP contribution is -2.43. The number of halogens is 1. The largest absolute Gasteiger partial charge is 0.395 e. The van der Waals surface area contributed by atoms with Crippen molar-refractivity contribution in [2.45, 2.75) is 44.7 Å². The zero-order chi connectivity index (χ0) is 26.5. The third kappa shape index (κ3) is 6.11. The summed E-state index contributed by atoms with van der Waals surface area (Å²) >= 11 is 0. The van der Waals surface area contributed by atoms with Gasteiger partial charge in [-0.1, -0.05) is 12.1 Å².